The fraction of sp³-hybridized carbons (Fsp3) is 0.500. The van der Waals surface area contributed by atoms with Crippen LogP contribution in [0.3, 0.4) is 0 Å². The summed E-state index contributed by atoms with van der Waals surface area (Å²) >= 11 is 2.47. The largest absolute Gasteiger partial charge is 0.465 e. The Morgan fingerprint density at radius 1 is 1.28 bits per heavy atom. The number of hydrogen-bond donors (Lipinski definition) is 1. The molecular formula is C16H20N2O5S2. The number of aryl methyl sites for hydroxylation is 1. The normalized spacial score (nSPS) is 12.2. The van der Waals surface area contributed by atoms with E-state index in [9.17, 15) is 14.4 Å². The van der Waals surface area contributed by atoms with E-state index in [4.69, 9.17) is 9.47 Å². The number of rotatable bonds is 7. The highest BCUT2D eigenvalue weighted by Crippen LogP contribution is 2.30. The lowest BCUT2D eigenvalue weighted by molar-refractivity contribution is -0.139. The second-order valence-corrected chi connectivity index (χ2v) is 7.49. The lowest BCUT2D eigenvalue weighted by Gasteiger charge is -2.10. The van der Waals surface area contributed by atoms with E-state index in [0.717, 1.165) is 11.3 Å². The zero-order valence-corrected chi connectivity index (χ0v) is 16.1. The molecule has 2 rings (SSSR count). The molecule has 0 saturated heterocycles. The standard InChI is InChI=1S/C16H20N2O5S2/c1-5-22-10(19)7-24-9(4)13-17-14(20)11-8(3)12(16(21)23-6-2)25-15(11)18-13/h9H,5-7H2,1-4H3,(H,17,18,20)/t9-/m1/s1. The average molecular weight is 384 g/mol. The van der Waals surface area contributed by atoms with E-state index in [1.807, 2.05) is 6.92 Å². The quantitative estimate of drug-likeness (QED) is 0.733. The molecule has 2 heterocycles. The molecule has 0 radical (unpaired) electrons. The van der Waals surface area contributed by atoms with Gasteiger partial charge in [-0.3, -0.25) is 9.59 Å². The monoisotopic (exact) mass is 384 g/mol. The number of aromatic nitrogens is 2. The van der Waals surface area contributed by atoms with Crippen LogP contribution in [-0.4, -0.2) is 40.9 Å². The van der Waals surface area contributed by atoms with Crippen LogP contribution in [0, 0.1) is 6.92 Å². The third-order valence-corrected chi connectivity index (χ3v) is 5.71. The first-order valence-corrected chi connectivity index (χ1v) is 9.73. The second kappa shape index (κ2) is 8.48. The Kier molecular flexibility index (Phi) is 6.60. The number of fused-ring (bicyclic) bond motifs is 1. The lowest BCUT2D eigenvalue weighted by atomic mass is 10.2. The Morgan fingerprint density at radius 3 is 2.60 bits per heavy atom. The van der Waals surface area contributed by atoms with Crippen LogP contribution in [0.1, 0.15) is 47.1 Å². The summed E-state index contributed by atoms with van der Waals surface area (Å²) in [6.07, 6.45) is 0. The van der Waals surface area contributed by atoms with Crippen molar-refractivity contribution in [3.8, 4) is 0 Å². The number of nitrogens with one attached hydrogen (secondary N) is 1. The fourth-order valence-electron chi connectivity index (χ4n) is 2.22. The van der Waals surface area contributed by atoms with Crippen molar-refractivity contribution in [2.24, 2.45) is 0 Å². The molecule has 0 amide bonds. The number of H-pyrrole nitrogens is 1. The number of aromatic amines is 1. The number of ether oxygens (including phenoxy) is 2. The summed E-state index contributed by atoms with van der Waals surface area (Å²) in [6.45, 7) is 7.63. The number of carbonyl (C=O) groups excluding carboxylic acids is 2. The van der Waals surface area contributed by atoms with E-state index in [1.165, 1.54) is 11.8 Å². The topological polar surface area (TPSA) is 98.3 Å². The van der Waals surface area contributed by atoms with Crippen molar-refractivity contribution in [2.75, 3.05) is 19.0 Å². The van der Waals surface area contributed by atoms with E-state index >= 15 is 0 Å². The Balaban J connectivity index is 2.30. The van der Waals surface area contributed by atoms with Crippen molar-refractivity contribution in [1.82, 2.24) is 9.97 Å². The third-order valence-electron chi connectivity index (χ3n) is 3.42. The van der Waals surface area contributed by atoms with Gasteiger partial charge in [-0.2, -0.15) is 0 Å². The van der Waals surface area contributed by atoms with E-state index in [2.05, 4.69) is 9.97 Å². The summed E-state index contributed by atoms with van der Waals surface area (Å²) in [6, 6.07) is 0. The van der Waals surface area contributed by atoms with Gasteiger partial charge in [-0.1, -0.05) is 0 Å². The highest BCUT2D eigenvalue weighted by Gasteiger charge is 2.21. The molecule has 2 aromatic rings. The van der Waals surface area contributed by atoms with Crippen molar-refractivity contribution >= 4 is 45.3 Å². The third kappa shape index (κ3) is 4.40. The minimum Gasteiger partial charge on any atom is -0.465 e. The average Bonchev–Trinajstić information content (AvgIpc) is 2.90. The molecule has 2 aromatic heterocycles. The number of carbonyl (C=O) groups is 2. The van der Waals surface area contributed by atoms with E-state index in [-0.39, 0.29) is 29.1 Å². The SMILES string of the molecule is CCOC(=O)CS[C@H](C)c1nc2sc(C(=O)OCC)c(C)c2c(=O)[nH]1. The first kappa shape index (κ1) is 19.5. The molecule has 0 aromatic carbocycles. The van der Waals surface area contributed by atoms with Crippen molar-refractivity contribution in [3.63, 3.8) is 0 Å². The molecule has 0 spiro atoms. The van der Waals surface area contributed by atoms with Gasteiger partial charge in [-0.15, -0.1) is 23.1 Å². The summed E-state index contributed by atoms with van der Waals surface area (Å²) < 4.78 is 9.91. The molecular weight excluding hydrogens is 364 g/mol. The molecule has 0 unspecified atom stereocenters. The summed E-state index contributed by atoms with van der Waals surface area (Å²) in [5, 5.41) is 0.203. The van der Waals surface area contributed by atoms with Gasteiger partial charge in [-0.05, 0) is 33.3 Å². The van der Waals surface area contributed by atoms with Gasteiger partial charge < -0.3 is 14.5 Å². The highest BCUT2D eigenvalue weighted by atomic mass is 32.2. The van der Waals surface area contributed by atoms with Gasteiger partial charge in [0.25, 0.3) is 5.56 Å². The zero-order chi connectivity index (χ0) is 18.6. The minimum absolute atomic E-state index is 0.175. The maximum absolute atomic E-state index is 12.4. The summed E-state index contributed by atoms with van der Waals surface area (Å²) in [5.74, 6) is -0.120. The van der Waals surface area contributed by atoms with Gasteiger partial charge in [0.1, 0.15) is 15.5 Å². The van der Waals surface area contributed by atoms with Gasteiger partial charge in [0.15, 0.2) is 0 Å². The molecule has 0 fully saturated rings. The molecule has 1 atom stereocenters. The van der Waals surface area contributed by atoms with Crippen molar-refractivity contribution in [3.05, 3.63) is 26.6 Å². The van der Waals surface area contributed by atoms with Crippen molar-refractivity contribution in [1.29, 1.82) is 0 Å². The Labute approximate surface area is 153 Å². The molecule has 1 N–H and O–H groups in total. The number of thiophene rings is 1. The predicted molar refractivity (Wildman–Crippen MR) is 98.4 cm³/mol. The first-order valence-electron chi connectivity index (χ1n) is 7.86. The number of nitrogens with zero attached hydrogens (tertiary/aromatic N) is 1. The smallest absolute Gasteiger partial charge is 0.348 e. The van der Waals surface area contributed by atoms with E-state index < -0.39 is 5.97 Å². The fourth-order valence-corrected chi connectivity index (χ4v) is 4.04. The first-order chi connectivity index (χ1) is 11.9. The number of thioether (sulfide) groups is 1. The second-order valence-electron chi connectivity index (χ2n) is 5.17. The minimum atomic E-state index is -0.450. The Bertz CT molecular complexity index is 843. The van der Waals surface area contributed by atoms with E-state index in [1.54, 1.807) is 20.8 Å². The lowest BCUT2D eigenvalue weighted by Crippen LogP contribution is -2.14. The van der Waals surface area contributed by atoms with Crippen LogP contribution in [0.2, 0.25) is 0 Å². The molecule has 136 valence electrons. The highest BCUT2D eigenvalue weighted by molar-refractivity contribution is 8.00. The van der Waals surface area contributed by atoms with Crippen LogP contribution in [-0.2, 0) is 14.3 Å². The van der Waals surface area contributed by atoms with Crippen LogP contribution < -0.4 is 5.56 Å². The molecule has 0 aliphatic carbocycles. The Morgan fingerprint density at radius 2 is 1.96 bits per heavy atom. The number of esters is 2. The summed E-state index contributed by atoms with van der Waals surface area (Å²) in [7, 11) is 0. The van der Waals surface area contributed by atoms with Crippen molar-refractivity contribution < 1.29 is 19.1 Å². The van der Waals surface area contributed by atoms with Crippen LogP contribution in [0.4, 0.5) is 0 Å². The molecule has 7 nitrogen and oxygen atoms in total. The molecule has 0 bridgehead atoms. The molecule has 0 aliphatic rings. The predicted octanol–water partition coefficient (Wildman–Crippen LogP) is 2.83. The molecule has 0 saturated carbocycles. The van der Waals surface area contributed by atoms with Gasteiger partial charge in [0.05, 0.1) is 29.6 Å². The van der Waals surface area contributed by atoms with Crippen LogP contribution >= 0.6 is 23.1 Å². The maximum Gasteiger partial charge on any atom is 0.348 e. The molecule has 25 heavy (non-hydrogen) atoms. The van der Waals surface area contributed by atoms with Crippen molar-refractivity contribution in [2.45, 2.75) is 32.9 Å². The maximum atomic E-state index is 12.4. The summed E-state index contributed by atoms with van der Waals surface area (Å²) in [4.78, 5) is 44.0. The van der Waals surface area contributed by atoms with Gasteiger partial charge in [-0.25, -0.2) is 9.78 Å². The molecule has 0 aliphatic heterocycles. The number of hydrogen-bond acceptors (Lipinski definition) is 8. The Hall–Kier alpha value is -1.87. The van der Waals surface area contributed by atoms with Gasteiger partial charge in [0.2, 0.25) is 0 Å². The molecule has 9 heteroatoms. The van der Waals surface area contributed by atoms with Gasteiger partial charge in [0, 0.05) is 0 Å². The van der Waals surface area contributed by atoms with E-state index in [0.29, 0.717) is 33.1 Å². The van der Waals surface area contributed by atoms with Crippen LogP contribution in [0.25, 0.3) is 10.2 Å². The van der Waals surface area contributed by atoms with Crippen LogP contribution in [0.15, 0.2) is 4.79 Å². The van der Waals surface area contributed by atoms with Gasteiger partial charge >= 0.3 is 11.9 Å². The van der Waals surface area contributed by atoms with Crippen LogP contribution in [0.5, 0.6) is 0 Å². The summed E-state index contributed by atoms with van der Waals surface area (Å²) in [5.41, 5.74) is 0.276. The zero-order valence-electron chi connectivity index (χ0n) is 14.5.